The largest absolute Gasteiger partial charge is 0.497 e. The monoisotopic (exact) mass is 429 g/mol. The highest BCUT2D eigenvalue weighted by Crippen LogP contribution is 2.29. The number of benzene rings is 2. The number of thiazole rings is 1. The van der Waals surface area contributed by atoms with E-state index in [0.717, 1.165) is 17.3 Å². The number of nitro groups is 1. The number of nitrogens with zero attached hydrogens (tertiary/aromatic N) is 4. The molecule has 11 heteroatoms. The van der Waals surface area contributed by atoms with Crippen LogP contribution in [0.4, 0.5) is 11.6 Å². The number of ether oxygens (including phenoxy) is 1. The highest BCUT2D eigenvalue weighted by molar-refractivity contribution is 7.15. The molecule has 0 unspecified atom stereocenters. The summed E-state index contributed by atoms with van der Waals surface area (Å²) < 4.78 is 6.86. The number of halogens is 1. The van der Waals surface area contributed by atoms with Crippen LogP contribution in [0.5, 0.6) is 5.75 Å². The van der Waals surface area contributed by atoms with Gasteiger partial charge >= 0.3 is 0 Å². The lowest BCUT2D eigenvalue weighted by molar-refractivity contribution is -0.384. The Labute approximate surface area is 172 Å². The zero-order valence-electron chi connectivity index (χ0n) is 14.8. The molecule has 0 saturated carbocycles. The van der Waals surface area contributed by atoms with Gasteiger partial charge in [0.05, 0.1) is 17.7 Å². The van der Waals surface area contributed by atoms with E-state index in [0.29, 0.717) is 10.7 Å². The molecule has 0 fully saturated rings. The summed E-state index contributed by atoms with van der Waals surface area (Å²) in [4.78, 5) is 27.7. The van der Waals surface area contributed by atoms with Gasteiger partial charge in [0.2, 0.25) is 4.96 Å². The molecule has 0 aliphatic heterocycles. The molecule has 0 atom stereocenters. The number of hydrogen-bond donors (Lipinski definition) is 1. The molecule has 0 radical (unpaired) electrons. The average molecular weight is 430 g/mol. The van der Waals surface area contributed by atoms with Gasteiger partial charge in [-0.2, -0.15) is 4.98 Å². The molecule has 2 aromatic heterocycles. The molecule has 0 saturated heterocycles. The van der Waals surface area contributed by atoms with Crippen LogP contribution in [0.2, 0.25) is 5.02 Å². The first-order valence-electron chi connectivity index (χ1n) is 8.20. The minimum absolute atomic E-state index is 0.0462. The Hall–Kier alpha value is -3.50. The third-order valence-corrected chi connectivity index (χ3v) is 5.21. The van der Waals surface area contributed by atoms with Gasteiger partial charge in [-0.15, -0.1) is 16.4 Å². The number of amides is 1. The van der Waals surface area contributed by atoms with Gasteiger partial charge in [-0.25, -0.2) is 4.52 Å². The van der Waals surface area contributed by atoms with Crippen LogP contribution in [0.15, 0.2) is 47.8 Å². The summed E-state index contributed by atoms with van der Waals surface area (Å²) in [5, 5.41) is 19.7. The molecular formula is C18H12ClN5O4S. The molecule has 1 amide bonds. The number of anilines is 1. The topological polar surface area (TPSA) is 112 Å². The van der Waals surface area contributed by atoms with Crippen LogP contribution in [-0.2, 0) is 0 Å². The Morgan fingerprint density at radius 3 is 2.90 bits per heavy atom. The number of rotatable bonds is 5. The summed E-state index contributed by atoms with van der Waals surface area (Å²) >= 11 is 7.15. The zero-order chi connectivity index (χ0) is 20.5. The van der Waals surface area contributed by atoms with E-state index in [1.54, 1.807) is 11.6 Å². The maximum Gasteiger partial charge on any atom is 0.288 e. The molecule has 0 aliphatic carbocycles. The van der Waals surface area contributed by atoms with Gasteiger partial charge in [-0.3, -0.25) is 20.2 Å². The van der Waals surface area contributed by atoms with Crippen molar-refractivity contribution in [2.45, 2.75) is 0 Å². The van der Waals surface area contributed by atoms with Crippen LogP contribution in [0.25, 0.3) is 16.2 Å². The fourth-order valence-corrected chi connectivity index (χ4v) is 3.70. The molecule has 0 spiro atoms. The van der Waals surface area contributed by atoms with Crippen molar-refractivity contribution in [1.82, 2.24) is 14.6 Å². The van der Waals surface area contributed by atoms with Gasteiger partial charge in [0.15, 0.2) is 0 Å². The molecule has 4 aromatic rings. The van der Waals surface area contributed by atoms with Crippen molar-refractivity contribution < 1.29 is 14.5 Å². The maximum absolute atomic E-state index is 12.5. The number of carbonyl (C=O) groups is 1. The third kappa shape index (κ3) is 3.62. The number of nitro benzene ring substituents is 1. The van der Waals surface area contributed by atoms with Crippen molar-refractivity contribution in [3.63, 3.8) is 0 Å². The Morgan fingerprint density at radius 2 is 2.14 bits per heavy atom. The second-order valence-corrected chi connectivity index (χ2v) is 7.10. The van der Waals surface area contributed by atoms with Crippen molar-refractivity contribution in [1.29, 1.82) is 0 Å². The van der Waals surface area contributed by atoms with Crippen LogP contribution < -0.4 is 10.1 Å². The normalized spacial score (nSPS) is 10.8. The minimum Gasteiger partial charge on any atom is -0.497 e. The minimum atomic E-state index is -0.648. The highest BCUT2D eigenvalue weighted by atomic mass is 35.5. The lowest BCUT2D eigenvalue weighted by Gasteiger charge is -2.03. The Kier molecular flexibility index (Phi) is 4.87. The maximum atomic E-state index is 12.5. The Balaban J connectivity index is 1.63. The van der Waals surface area contributed by atoms with Gasteiger partial charge in [-0.05, 0) is 24.3 Å². The van der Waals surface area contributed by atoms with Crippen LogP contribution in [0.1, 0.15) is 10.4 Å². The summed E-state index contributed by atoms with van der Waals surface area (Å²) in [7, 11) is 1.59. The summed E-state index contributed by atoms with van der Waals surface area (Å²) in [5.41, 5.74) is 1.40. The van der Waals surface area contributed by atoms with Crippen molar-refractivity contribution >= 4 is 45.4 Å². The van der Waals surface area contributed by atoms with Gasteiger partial charge in [0, 0.05) is 22.6 Å². The van der Waals surface area contributed by atoms with E-state index in [-0.39, 0.29) is 22.2 Å². The average Bonchev–Trinajstić information content (AvgIpc) is 3.28. The molecule has 0 bridgehead atoms. The highest BCUT2D eigenvalue weighted by Gasteiger charge is 2.18. The van der Waals surface area contributed by atoms with Gasteiger partial charge in [-0.1, -0.05) is 23.7 Å². The first-order chi connectivity index (χ1) is 14.0. The van der Waals surface area contributed by atoms with Gasteiger partial charge < -0.3 is 4.74 Å². The van der Waals surface area contributed by atoms with Crippen LogP contribution in [-0.4, -0.2) is 32.5 Å². The summed E-state index contributed by atoms with van der Waals surface area (Å²) in [6, 6.07) is 11.3. The van der Waals surface area contributed by atoms with Crippen LogP contribution in [0.3, 0.4) is 0 Å². The Morgan fingerprint density at radius 1 is 1.31 bits per heavy atom. The number of aromatic nitrogens is 3. The van der Waals surface area contributed by atoms with E-state index >= 15 is 0 Å². The first-order valence-corrected chi connectivity index (χ1v) is 9.46. The van der Waals surface area contributed by atoms with Crippen molar-refractivity contribution in [3.8, 4) is 17.0 Å². The molecule has 2 aromatic carbocycles. The third-order valence-electron chi connectivity index (χ3n) is 4.08. The van der Waals surface area contributed by atoms with E-state index in [1.807, 2.05) is 29.6 Å². The molecule has 29 heavy (non-hydrogen) atoms. The van der Waals surface area contributed by atoms with Crippen molar-refractivity contribution in [3.05, 3.63) is 68.5 Å². The molecule has 9 nitrogen and oxygen atoms in total. The molecular weight excluding hydrogens is 418 g/mol. The fourth-order valence-electron chi connectivity index (χ4n) is 2.68. The van der Waals surface area contributed by atoms with Crippen molar-refractivity contribution in [2.24, 2.45) is 0 Å². The fraction of sp³-hybridized carbons (Fsp3) is 0.0556. The number of hydrogen-bond acceptors (Lipinski definition) is 7. The summed E-state index contributed by atoms with van der Waals surface area (Å²) in [5.74, 6) is 0.217. The molecule has 0 aliphatic rings. The predicted octanol–water partition coefficient (Wildman–Crippen LogP) is 4.28. The molecule has 4 rings (SSSR count). The Bertz CT molecular complexity index is 1250. The quantitative estimate of drug-likeness (QED) is 0.374. The lowest BCUT2D eigenvalue weighted by Crippen LogP contribution is -2.13. The first kappa shape index (κ1) is 18.8. The van der Waals surface area contributed by atoms with Gasteiger partial charge in [0.1, 0.15) is 10.8 Å². The molecule has 2 heterocycles. The second kappa shape index (κ2) is 7.49. The number of methoxy groups -OCH3 is 1. The standard InChI is InChI=1S/C18H12ClN5O4S/c1-28-12-4-2-3-10(7-12)15-9-29-18-21-17(22-23(15)18)20-16(25)11-5-6-13(19)14(8-11)24(26)27/h2-9H,1H3,(H,20,22,25). The van der Waals surface area contributed by atoms with Crippen molar-refractivity contribution in [2.75, 3.05) is 12.4 Å². The lowest BCUT2D eigenvalue weighted by atomic mass is 10.2. The number of nitrogens with one attached hydrogen (secondary N) is 1. The predicted molar refractivity (Wildman–Crippen MR) is 109 cm³/mol. The molecule has 146 valence electrons. The molecule has 1 N–H and O–H groups in total. The van der Waals surface area contributed by atoms with E-state index in [2.05, 4.69) is 15.4 Å². The van der Waals surface area contributed by atoms with Crippen LogP contribution in [0, 0.1) is 10.1 Å². The second-order valence-electron chi connectivity index (χ2n) is 5.86. The van der Waals surface area contributed by atoms with E-state index in [1.165, 1.54) is 23.5 Å². The SMILES string of the molecule is COc1cccc(-c2csc3nc(NC(=O)c4ccc(Cl)c([N+](=O)[O-])c4)nn23)c1. The smallest absolute Gasteiger partial charge is 0.288 e. The van der Waals surface area contributed by atoms with Crippen LogP contribution >= 0.6 is 22.9 Å². The number of fused-ring (bicyclic) bond motifs is 1. The summed E-state index contributed by atoms with van der Waals surface area (Å²) in [6.07, 6.45) is 0. The summed E-state index contributed by atoms with van der Waals surface area (Å²) in [6.45, 7) is 0. The van der Waals surface area contributed by atoms with E-state index in [9.17, 15) is 14.9 Å². The zero-order valence-corrected chi connectivity index (χ0v) is 16.4. The van der Waals surface area contributed by atoms with E-state index < -0.39 is 10.8 Å². The van der Waals surface area contributed by atoms with Gasteiger partial charge in [0.25, 0.3) is 17.5 Å². The van der Waals surface area contributed by atoms with E-state index in [4.69, 9.17) is 16.3 Å². The number of carbonyl (C=O) groups excluding carboxylic acids is 1.